The number of carbonyl (C=O) groups excluding carboxylic acids is 1. The molecule has 0 fully saturated rings. The Kier molecular flexibility index (Phi) is 6.25. The fraction of sp³-hybridized carbons (Fsp3) is 0.143. The van der Waals surface area contributed by atoms with Crippen LogP contribution in [0.25, 0.3) is 0 Å². The third-order valence-corrected chi connectivity index (χ3v) is 3.73. The molecular weight excluding hydrogens is 363 g/mol. The molecule has 126 valence electrons. The van der Waals surface area contributed by atoms with Crippen LogP contribution in [-0.2, 0) is 14.9 Å². The minimum atomic E-state index is -4.67. The molecule has 3 rings (SSSR count). The first-order chi connectivity index (χ1) is 11.4. The summed E-state index contributed by atoms with van der Waals surface area (Å²) in [5.74, 6) is 0.441. The van der Waals surface area contributed by atoms with Gasteiger partial charge in [0, 0.05) is 0 Å². The third kappa shape index (κ3) is 4.83. The molecular formula is C14H11N2NaO7S. The third-order valence-electron chi connectivity index (χ3n) is 3.02. The van der Waals surface area contributed by atoms with Gasteiger partial charge in [-0.3, -0.25) is 4.79 Å². The van der Waals surface area contributed by atoms with E-state index in [9.17, 15) is 17.8 Å². The van der Waals surface area contributed by atoms with Gasteiger partial charge in [0.15, 0.2) is 21.6 Å². The van der Waals surface area contributed by atoms with Crippen LogP contribution in [0.4, 0.5) is 0 Å². The number of nitrogens with zero attached hydrogens (tertiary/aromatic N) is 1. The summed E-state index contributed by atoms with van der Waals surface area (Å²) in [5.41, 5.74) is 2.22. The molecule has 1 aliphatic heterocycles. The van der Waals surface area contributed by atoms with E-state index >= 15 is 0 Å². The Balaban J connectivity index is 0.00000225. The number of benzene rings is 1. The van der Waals surface area contributed by atoms with Crippen molar-refractivity contribution in [2.45, 2.75) is 11.2 Å². The van der Waals surface area contributed by atoms with E-state index in [4.69, 9.17) is 13.9 Å². The molecule has 1 aromatic heterocycles. The zero-order chi connectivity index (χ0) is 17.2. The maximum absolute atomic E-state index is 12.0. The minimum absolute atomic E-state index is 0. The van der Waals surface area contributed by atoms with Gasteiger partial charge in [-0.05, 0) is 24.3 Å². The van der Waals surface area contributed by atoms with Crippen LogP contribution in [0, 0.1) is 0 Å². The van der Waals surface area contributed by atoms with Crippen molar-refractivity contribution in [3.63, 3.8) is 0 Å². The predicted molar refractivity (Wildman–Crippen MR) is 78.8 cm³/mol. The molecule has 1 unspecified atom stereocenters. The second-order valence-electron chi connectivity index (χ2n) is 4.71. The number of furan rings is 1. The van der Waals surface area contributed by atoms with Crippen molar-refractivity contribution in [1.82, 2.24) is 5.43 Å². The van der Waals surface area contributed by atoms with E-state index in [0.717, 1.165) is 12.3 Å². The Hall–Kier alpha value is -1.85. The van der Waals surface area contributed by atoms with E-state index in [1.807, 2.05) is 0 Å². The maximum Gasteiger partial charge on any atom is 1.00 e. The van der Waals surface area contributed by atoms with Gasteiger partial charge in [-0.15, -0.1) is 0 Å². The number of hydrogen-bond acceptors (Lipinski definition) is 8. The number of nitrogens with one attached hydrogen (secondary N) is 1. The average Bonchev–Trinajstić information content (AvgIpc) is 3.03. The number of para-hydroxylation sites is 2. The van der Waals surface area contributed by atoms with Gasteiger partial charge >= 0.3 is 29.6 Å². The maximum atomic E-state index is 12.0. The molecule has 0 spiro atoms. The van der Waals surface area contributed by atoms with Gasteiger partial charge < -0.3 is 18.4 Å². The Morgan fingerprint density at radius 3 is 2.64 bits per heavy atom. The van der Waals surface area contributed by atoms with Crippen molar-refractivity contribution in [3.8, 4) is 11.5 Å². The van der Waals surface area contributed by atoms with Crippen molar-refractivity contribution < 1.29 is 61.2 Å². The fourth-order valence-corrected chi connectivity index (χ4v) is 2.35. The van der Waals surface area contributed by atoms with E-state index in [2.05, 4.69) is 10.5 Å². The SMILES string of the molecule is O=C(N/N=C/c1ccc(S(=O)(=O)[O-])o1)C1COc2ccccc2O1.[Na+]. The first-order valence-corrected chi connectivity index (χ1v) is 8.11. The Bertz CT molecular complexity index is 894. The average molecular weight is 374 g/mol. The summed E-state index contributed by atoms with van der Waals surface area (Å²) < 4.78 is 47.9. The topological polar surface area (TPSA) is 130 Å². The minimum Gasteiger partial charge on any atom is -0.742 e. The molecule has 1 N–H and O–H groups in total. The van der Waals surface area contributed by atoms with Crippen molar-refractivity contribution in [2.24, 2.45) is 5.10 Å². The van der Waals surface area contributed by atoms with Gasteiger partial charge in [-0.2, -0.15) is 5.10 Å². The smallest absolute Gasteiger partial charge is 0.742 e. The van der Waals surface area contributed by atoms with Gasteiger partial charge in [0.25, 0.3) is 5.91 Å². The summed E-state index contributed by atoms with van der Waals surface area (Å²) in [6.45, 7) is 0.0255. The molecule has 0 aliphatic carbocycles. The molecule has 1 aliphatic rings. The molecule has 1 atom stereocenters. The zero-order valence-corrected chi connectivity index (χ0v) is 15.9. The summed E-state index contributed by atoms with van der Waals surface area (Å²) >= 11 is 0. The number of ether oxygens (including phenoxy) is 2. The normalized spacial score (nSPS) is 16.3. The molecule has 1 amide bonds. The van der Waals surface area contributed by atoms with Crippen molar-refractivity contribution in [1.29, 1.82) is 0 Å². The predicted octanol–water partition coefficient (Wildman–Crippen LogP) is -2.52. The van der Waals surface area contributed by atoms with Crippen LogP contribution in [0.1, 0.15) is 5.76 Å². The summed E-state index contributed by atoms with van der Waals surface area (Å²) in [4.78, 5) is 12.0. The van der Waals surface area contributed by atoms with Crippen molar-refractivity contribution >= 4 is 22.2 Å². The first kappa shape index (κ1) is 19.5. The van der Waals surface area contributed by atoms with Crippen LogP contribution in [0.2, 0.25) is 0 Å². The number of fused-ring (bicyclic) bond motifs is 1. The van der Waals surface area contributed by atoms with Gasteiger partial charge in [0.2, 0.25) is 11.2 Å². The number of rotatable bonds is 4. The van der Waals surface area contributed by atoms with E-state index in [0.29, 0.717) is 11.5 Å². The van der Waals surface area contributed by atoms with Crippen molar-refractivity contribution in [3.05, 3.63) is 42.2 Å². The van der Waals surface area contributed by atoms with Crippen LogP contribution < -0.4 is 44.5 Å². The molecule has 9 nitrogen and oxygen atoms in total. The van der Waals surface area contributed by atoms with Gasteiger partial charge in [0.05, 0.1) is 6.21 Å². The molecule has 0 saturated carbocycles. The Morgan fingerprint density at radius 1 is 1.24 bits per heavy atom. The summed E-state index contributed by atoms with van der Waals surface area (Å²) in [5, 5.41) is 2.89. The molecule has 2 aromatic rings. The fourth-order valence-electron chi connectivity index (χ4n) is 1.92. The molecule has 25 heavy (non-hydrogen) atoms. The largest absolute Gasteiger partial charge is 1.00 e. The zero-order valence-electron chi connectivity index (χ0n) is 13.0. The molecule has 0 saturated heterocycles. The van der Waals surface area contributed by atoms with Crippen LogP contribution in [-0.4, -0.2) is 37.8 Å². The molecule has 2 heterocycles. The standard InChI is InChI=1S/C14H12N2O7S.Na/c17-14(12-8-21-10-3-1-2-4-11(10)23-12)16-15-7-9-5-6-13(22-9)24(18,19)20;/h1-7,12H,8H2,(H,16,17)(H,18,19,20);/q;+1/p-1/b15-7+;. The van der Waals surface area contributed by atoms with Gasteiger partial charge in [0.1, 0.15) is 12.4 Å². The van der Waals surface area contributed by atoms with E-state index < -0.39 is 27.2 Å². The number of amides is 1. The summed E-state index contributed by atoms with van der Waals surface area (Å²) in [7, 11) is -4.67. The van der Waals surface area contributed by atoms with Crippen LogP contribution in [0.3, 0.4) is 0 Å². The van der Waals surface area contributed by atoms with E-state index in [-0.39, 0.29) is 41.9 Å². The Labute approximate surface area is 165 Å². The molecule has 0 radical (unpaired) electrons. The monoisotopic (exact) mass is 374 g/mol. The second-order valence-corrected chi connectivity index (χ2v) is 6.02. The van der Waals surface area contributed by atoms with E-state index in [1.165, 1.54) is 6.07 Å². The number of carbonyl (C=O) groups is 1. The Morgan fingerprint density at radius 2 is 1.96 bits per heavy atom. The summed E-state index contributed by atoms with van der Waals surface area (Å²) in [6.07, 6.45) is 0.177. The molecule has 11 heteroatoms. The first-order valence-electron chi connectivity index (χ1n) is 6.70. The summed E-state index contributed by atoms with van der Waals surface area (Å²) in [6, 6.07) is 9.16. The van der Waals surface area contributed by atoms with Crippen LogP contribution in [0.15, 0.2) is 51.0 Å². The van der Waals surface area contributed by atoms with Gasteiger partial charge in [-0.1, -0.05) is 12.1 Å². The number of hydrazone groups is 1. The molecule has 0 bridgehead atoms. The van der Waals surface area contributed by atoms with Crippen molar-refractivity contribution in [2.75, 3.05) is 6.61 Å². The number of hydrogen-bond donors (Lipinski definition) is 1. The van der Waals surface area contributed by atoms with Crippen LogP contribution >= 0.6 is 0 Å². The second kappa shape index (κ2) is 8.02. The van der Waals surface area contributed by atoms with Crippen LogP contribution in [0.5, 0.6) is 11.5 Å². The quantitative estimate of drug-likeness (QED) is 0.270. The van der Waals surface area contributed by atoms with Gasteiger partial charge in [-0.25, -0.2) is 13.8 Å². The molecule has 1 aromatic carbocycles. The van der Waals surface area contributed by atoms with E-state index in [1.54, 1.807) is 24.3 Å².